The van der Waals surface area contributed by atoms with Crippen molar-refractivity contribution in [1.29, 1.82) is 0 Å². The van der Waals surface area contributed by atoms with Crippen LogP contribution in [0.25, 0.3) is 11.3 Å². The quantitative estimate of drug-likeness (QED) is 0.713. The Morgan fingerprint density at radius 2 is 2.14 bits per heavy atom. The van der Waals surface area contributed by atoms with E-state index >= 15 is 0 Å². The van der Waals surface area contributed by atoms with Gasteiger partial charge in [0, 0.05) is 36.9 Å². The number of rotatable bonds is 6. The molecule has 0 unspecified atom stereocenters. The first kappa shape index (κ1) is 20.2. The van der Waals surface area contributed by atoms with Crippen molar-refractivity contribution in [3.8, 4) is 22.8 Å². The number of carbonyl (C=O) groups is 1. The first-order chi connectivity index (χ1) is 13.3. The van der Waals surface area contributed by atoms with Gasteiger partial charge in [-0.2, -0.15) is 0 Å². The van der Waals surface area contributed by atoms with E-state index in [9.17, 15) is 14.7 Å². The maximum Gasteiger partial charge on any atom is 0.341 e. The van der Waals surface area contributed by atoms with Crippen molar-refractivity contribution in [3.63, 3.8) is 0 Å². The SMILES string of the molecule is CC(C)[C@@H]1COc2cc(OCCCO)c(Cl)cc2-c2cc(=O)c(C(=O)O)cn21. The molecule has 0 fully saturated rings. The predicted octanol–water partition coefficient (Wildman–Crippen LogP) is 3.22. The highest BCUT2D eigenvalue weighted by atomic mass is 35.5. The van der Waals surface area contributed by atoms with Crippen molar-refractivity contribution < 1.29 is 24.5 Å². The van der Waals surface area contributed by atoms with Gasteiger partial charge in [0.15, 0.2) is 5.43 Å². The van der Waals surface area contributed by atoms with Crippen molar-refractivity contribution in [2.75, 3.05) is 19.8 Å². The Kier molecular flexibility index (Phi) is 5.96. The van der Waals surface area contributed by atoms with E-state index in [1.807, 2.05) is 13.8 Å². The highest BCUT2D eigenvalue weighted by Crippen LogP contribution is 2.42. The Balaban J connectivity index is 2.16. The molecule has 0 bridgehead atoms. The smallest absolute Gasteiger partial charge is 0.341 e. The highest BCUT2D eigenvalue weighted by molar-refractivity contribution is 6.32. The summed E-state index contributed by atoms with van der Waals surface area (Å²) in [5, 5.41) is 18.6. The molecule has 28 heavy (non-hydrogen) atoms. The summed E-state index contributed by atoms with van der Waals surface area (Å²) in [4.78, 5) is 23.8. The zero-order valence-corrected chi connectivity index (χ0v) is 16.4. The Labute approximate surface area is 167 Å². The van der Waals surface area contributed by atoms with E-state index in [0.717, 1.165) is 0 Å². The van der Waals surface area contributed by atoms with Gasteiger partial charge < -0.3 is 24.3 Å². The zero-order valence-electron chi connectivity index (χ0n) is 15.6. The Morgan fingerprint density at radius 3 is 2.79 bits per heavy atom. The van der Waals surface area contributed by atoms with Crippen LogP contribution < -0.4 is 14.9 Å². The molecule has 2 heterocycles. The van der Waals surface area contributed by atoms with Crippen LogP contribution in [0.3, 0.4) is 0 Å². The summed E-state index contributed by atoms with van der Waals surface area (Å²) in [6.45, 7) is 4.63. The zero-order chi connectivity index (χ0) is 20.4. The fourth-order valence-electron chi connectivity index (χ4n) is 3.18. The molecule has 1 atom stereocenters. The predicted molar refractivity (Wildman–Crippen MR) is 105 cm³/mol. The molecule has 0 saturated heterocycles. The molecule has 2 N–H and O–H groups in total. The molecule has 2 aromatic rings. The maximum absolute atomic E-state index is 12.3. The third-order valence-electron chi connectivity index (χ3n) is 4.72. The number of halogens is 1. The van der Waals surface area contributed by atoms with Gasteiger partial charge in [-0.05, 0) is 12.0 Å². The lowest BCUT2D eigenvalue weighted by Gasteiger charge is -2.24. The number of hydrogen-bond acceptors (Lipinski definition) is 5. The van der Waals surface area contributed by atoms with E-state index in [0.29, 0.717) is 47.4 Å². The topological polar surface area (TPSA) is 98.0 Å². The lowest BCUT2D eigenvalue weighted by Crippen LogP contribution is -2.25. The van der Waals surface area contributed by atoms with Gasteiger partial charge in [-0.15, -0.1) is 0 Å². The molecule has 1 aromatic heterocycles. The molecule has 0 radical (unpaired) electrons. The number of nitrogens with zero attached hydrogens (tertiary/aromatic N) is 1. The summed E-state index contributed by atoms with van der Waals surface area (Å²) >= 11 is 6.36. The molecule has 0 spiro atoms. The normalized spacial score (nSPS) is 15.4. The second-order valence-electron chi connectivity index (χ2n) is 6.98. The maximum atomic E-state index is 12.3. The first-order valence-electron chi connectivity index (χ1n) is 9.03. The van der Waals surface area contributed by atoms with Gasteiger partial charge in [0.05, 0.1) is 23.4 Å². The van der Waals surface area contributed by atoms with Gasteiger partial charge >= 0.3 is 5.97 Å². The molecule has 7 nitrogen and oxygen atoms in total. The molecule has 8 heteroatoms. The average molecular weight is 408 g/mol. The molecule has 150 valence electrons. The Bertz CT molecular complexity index is 952. The standard InChI is InChI=1S/C20H22ClNO6/c1-11(2)16-10-28-18-8-19(27-5-3-4-23)14(21)6-12(18)15-7-17(24)13(20(25)26)9-22(15)16/h6-9,11,16,23H,3-5,10H2,1-2H3,(H,25,26)/t16-/m0/s1. The van der Waals surface area contributed by atoms with Gasteiger partial charge in [0.2, 0.25) is 0 Å². The van der Waals surface area contributed by atoms with Gasteiger partial charge in [-0.25, -0.2) is 4.79 Å². The lowest BCUT2D eigenvalue weighted by atomic mass is 10.0. The molecule has 3 rings (SSSR count). The van der Waals surface area contributed by atoms with E-state index in [-0.39, 0.29) is 24.1 Å². The first-order valence-corrected chi connectivity index (χ1v) is 9.41. The van der Waals surface area contributed by atoms with Gasteiger partial charge in [0.25, 0.3) is 0 Å². The minimum absolute atomic E-state index is 0.0112. The van der Waals surface area contributed by atoms with Crippen LogP contribution in [0.1, 0.15) is 36.7 Å². The number of benzene rings is 1. The largest absolute Gasteiger partial charge is 0.492 e. The third-order valence-corrected chi connectivity index (χ3v) is 5.01. The van der Waals surface area contributed by atoms with Gasteiger partial charge in [0.1, 0.15) is 23.7 Å². The van der Waals surface area contributed by atoms with Crippen LogP contribution in [0, 0.1) is 5.92 Å². The monoisotopic (exact) mass is 407 g/mol. The van der Waals surface area contributed by atoms with Crippen LogP contribution in [0.5, 0.6) is 11.5 Å². The average Bonchev–Trinajstić information content (AvgIpc) is 2.78. The second-order valence-corrected chi connectivity index (χ2v) is 7.38. The van der Waals surface area contributed by atoms with Gasteiger partial charge in [-0.3, -0.25) is 4.79 Å². The second kappa shape index (κ2) is 8.24. The highest BCUT2D eigenvalue weighted by Gasteiger charge is 2.27. The van der Waals surface area contributed by atoms with Crippen LogP contribution in [0.4, 0.5) is 0 Å². The molecular weight excluding hydrogens is 386 g/mol. The van der Waals surface area contributed by atoms with Crippen LogP contribution in [0.15, 0.2) is 29.2 Å². The van der Waals surface area contributed by atoms with Crippen LogP contribution in [0.2, 0.25) is 5.02 Å². The Morgan fingerprint density at radius 1 is 1.39 bits per heavy atom. The molecule has 0 saturated carbocycles. The number of ether oxygens (including phenoxy) is 2. The lowest BCUT2D eigenvalue weighted by molar-refractivity contribution is 0.0694. The van der Waals surface area contributed by atoms with E-state index in [2.05, 4.69) is 0 Å². The van der Waals surface area contributed by atoms with Crippen molar-refractivity contribution >= 4 is 17.6 Å². The van der Waals surface area contributed by atoms with Crippen LogP contribution >= 0.6 is 11.6 Å². The number of carboxylic acid groups (broad SMARTS) is 1. The number of pyridine rings is 1. The number of aromatic carboxylic acids is 1. The van der Waals surface area contributed by atoms with E-state index in [1.54, 1.807) is 16.7 Å². The minimum atomic E-state index is -1.26. The summed E-state index contributed by atoms with van der Waals surface area (Å²) in [6.07, 6.45) is 1.85. The van der Waals surface area contributed by atoms with Crippen molar-refractivity contribution in [3.05, 3.63) is 45.2 Å². The van der Waals surface area contributed by atoms with Crippen LogP contribution in [-0.2, 0) is 0 Å². The van der Waals surface area contributed by atoms with Crippen molar-refractivity contribution in [2.45, 2.75) is 26.3 Å². The number of fused-ring (bicyclic) bond motifs is 3. The summed E-state index contributed by atoms with van der Waals surface area (Å²) in [7, 11) is 0. The summed E-state index contributed by atoms with van der Waals surface area (Å²) in [5.41, 5.74) is 0.281. The molecule has 1 aromatic carbocycles. The van der Waals surface area contributed by atoms with Crippen molar-refractivity contribution in [2.24, 2.45) is 5.92 Å². The minimum Gasteiger partial charge on any atom is -0.492 e. The third kappa shape index (κ3) is 3.86. The number of aliphatic hydroxyl groups is 1. The number of aliphatic hydroxyl groups excluding tert-OH is 1. The summed E-state index contributed by atoms with van der Waals surface area (Å²) in [5.74, 6) is -0.206. The van der Waals surface area contributed by atoms with Crippen LogP contribution in [-0.4, -0.2) is 40.6 Å². The number of aromatic nitrogens is 1. The van der Waals surface area contributed by atoms with E-state index < -0.39 is 11.4 Å². The molecular formula is C20H22ClNO6. The fourth-order valence-corrected chi connectivity index (χ4v) is 3.40. The summed E-state index contributed by atoms with van der Waals surface area (Å²) in [6, 6.07) is 4.46. The Hall–Kier alpha value is -2.51. The van der Waals surface area contributed by atoms with E-state index in [4.69, 9.17) is 26.2 Å². The fraction of sp³-hybridized carbons (Fsp3) is 0.400. The van der Waals surface area contributed by atoms with E-state index in [1.165, 1.54) is 12.3 Å². The number of hydrogen-bond donors (Lipinski definition) is 2. The summed E-state index contributed by atoms with van der Waals surface area (Å²) < 4.78 is 13.4. The van der Waals surface area contributed by atoms with Crippen molar-refractivity contribution in [1.82, 2.24) is 4.57 Å². The molecule has 0 aliphatic carbocycles. The molecule has 1 aliphatic heterocycles. The molecule has 1 aliphatic rings. The molecule has 0 amide bonds. The van der Waals surface area contributed by atoms with Gasteiger partial charge in [-0.1, -0.05) is 25.4 Å². The number of carboxylic acids is 1.